The van der Waals surface area contributed by atoms with Crippen molar-refractivity contribution < 1.29 is 9.59 Å². The van der Waals surface area contributed by atoms with Crippen LogP contribution in [0.15, 0.2) is 60.9 Å². The van der Waals surface area contributed by atoms with Gasteiger partial charge in [-0.25, -0.2) is 9.97 Å². The van der Waals surface area contributed by atoms with Gasteiger partial charge in [-0.2, -0.15) is 0 Å². The second-order valence-electron chi connectivity index (χ2n) is 5.48. The molecular formula is C19H15ClN4O2. The zero-order chi connectivity index (χ0) is 18.5. The number of para-hydroxylation sites is 1. The van der Waals surface area contributed by atoms with E-state index < -0.39 is 5.91 Å². The van der Waals surface area contributed by atoms with E-state index in [4.69, 9.17) is 11.6 Å². The summed E-state index contributed by atoms with van der Waals surface area (Å²) >= 11 is 6.08. The van der Waals surface area contributed by atoms with Crippen molar-refractivity contribution in [1.82, 2.24) is 9.97 Å². The highest BCUT2D eigenvalue weighted by Gasteiger charge is 2.10. The molecule has 6 nitrogen and oxygen atoms in total. The van der Waals surface area contributed by atoms with E-state index in [1.165, 1.54) is 19.3 Å². The number of carbonyl (C=O) groups is 2. The van der Waals surface area contributed by atoms with Crippen molar-refractivity contribution in [2.75, 3.05) is 10.6 Å². The van der Waals surface area contributed by atoms with Crippen molar-refractivity contribution >= 4 is 40.5 Å². The van der Waals surface area contributed by atoms with Crippen molar-refractivity contribution in [2.24, 2.45) is 0 Å². The zero-order valence-corrected chi connectivity index (χ0v) is 14.6. The molecule has 0 unspecified atom stereocenters. The first-order valence-electron chi connectivity index (χ1n) is 7.79. The average Bonchev–Trinajstić information content (AvgIpc) is 2.64. The highest BCUT2D eigenvalue weighted by Crippen LogP contribution is 2.23. The Bertz CT molecular complexity index is 958. The SMILES string of the molecule is CC(=O)c1cccc(NC(=O)c2cnc(Nc3ccccc3Cl)cn2)c1. The summed E-state index contributed by atoms with van der Waals surface area (Å²) in [6, 6.07) is 13.9. The van der Waals surface area contributed by atoms with Crippen LogP contribution in [0.2, 0.25) is 5.02 Å². The van der Waals surface area contributed by atoms with E-state index in [9.17, 15) is 9.59 Å². The van der Waals surface area contributed by atoms with Gasteiger partial charge in [0.25, 0.3) is 5.91 Å². The molecule has 0 radical (unpaired) electrons. The number of hydrogen-bond donors (Lipinski definition) is 2. The minimum atomic E-state index is -0.414. The summed E-state index contributed by atoms with van der Waals surface area (Å²) in [5, 5.41) is 6.29. The van der Waals surface area contributed by atoms with Crippen molar-refractivity contribution in [1.29, 1.82) is 0 Å². The van der Waals surface area contributed by atoms with Gasteiger partial charge in [-0.1, -0.05) is 35.9 Å². The maximum Gasteiger partial charge on any atom is 0.275 e. The minimum absolute atomic E-state index is 0.0732. The standard InChI is InChI=1S/C19H15ClN4O2/c1-12(25)13-5-4-6-14(9-13)23-19(26)17-10-22-18(11-21-17)24-16-8-3-2-7-15(16)20/h2-11H,1H3,(H,22,24)(H,23,26). The molecule has 130 valence electrons. The van der Waals surface area contributed by atoms with Crippen molar-refractivity contribution in [3.63, 3.8) is 0 Å². The Balaban J connectivity index is 1.70. The summed E-state index contributed by atoms with van der Waals surface area (Å²) in [5.41, 5.74) is 1.89. The quantitative estimate of drug-likeness (QED) is 0.656. The highest BCUT2D eigenvalue weighted by molar-refractivity contribution is 6.33. The predicted octanol–water partition coefficient (Wildman–Crippen LogP) is 4.33. The van der Waals surface area contributed by atoms with Crippen LogP contribution in [0.3, 0.4) is 0 Å². The Labute approximate surface area is 155 Å². The molecule has 1 heterocycles. The number of ketones is 1. The number of aromatic nitrogens is 2. The van der Waals surface area contributed by atoms with E-state index in [1.54, 1.807) is 30.3 Å². The molecule has 0 aliphatic carbocycles. The van der Waals surface area contributed by atoms with Gasteiger partial charge in [0.15, 0.2) is 5.78 Å². The van der Waals surface area contributed by atoms with Gasteiger partial charge in [0.05, 0.1) is 23.1 Å². The van der Waals surface area contributed by atoms with Crippen LogP contribution in [0, 0.1) is 0 Å². The van der Waals surface area contributed by atoms with Gasteiger partial charge in [-0.3, -0.25) is 9.59 Å². The van der Waals surface area contributed by atoms with E-state index >= 15 is 0 Å². The van der Waals surface area contributed by atoms with Crippen LogP contribution in [0.1, 0.15) is 27.8 Å². The van der Waals surface area contributed by atoms with Gasteiger partial charge in [0, 0.05) is 11.3 Å². The number of rotatable bonds is 5. The summed E-state index contributed by atoms with van der Waals surface area (Å²) in [6.45, 7) is 1.47. The summed E-state index contributed by atoms with van der Waals surface area (Å²) in [5.74, 6) is -0.0217. The molecule has 3 aromatic rings. The topological polar surface area (TPSA) is 84.0 Å². The third-order valence-electron chi connectivity index (χ3n) is 3.55. The van der Waals surface area contributed by atoms with Gasteiger partial charge in [0.1, 0.15) is 11.5 Å². The van der Waals surface area contributed by atoms with E-state index in [1.807, 2.05) is 18.2 Å². The monoisotopic (exact) mass is 366 g/mol. The molecule has 3 rings (SSSR count). The molecule has 0 atom stereocenters. The second-order valence-corrected chi connectivity index (χ2v) is 5.89. The molecule has 0 saturated heterocycles. The zero-order valence-electron chi connectivity index (χ0n) is 13.9. The minimum Gasteiger partial charge on any atom is -0.338 e. The van der Waals surface area contributed by atoms with E-state index in [0.717, 1.165) is 0 Å². The smallest absolute Gasteiger partial charge is 0.275 e. The molecule has 2 aromatic carbocycles. The van der Waals surface area contributed by atoms with E-state index in [2.05, 4.69) is 20.6 Å². The highest BCUT2D eigenvalue weighted by atomic mass is 35.5. The van der Waals surface area contributed by atoms with Gasteiger partial charge < -0.3 is 10.6 Å². The van der Waals surface area contributed by atoms with E-state index in [0.29, 0.717) is 27.8 Å². The third kappa shape index (κ3) is 4.23. The molecule has 0 fully saturated rings. The molecule has 0 saturated carbocycles. The first kappa shape index (κ1) is 17.6. The number of amides is 1. The maximum atomic E-state index is 12.3. The molecule has 1 aromatic heterocycles. The number of hydrogen-bond acceptors (Lipinski definition) is 5. The van der Waals surface area contributed by atoms with Gasteiger partial charge in [-0.05, 0) is 31.2 Å². The molecule has 2 N–H and O–H groups in total. The van der Waals surface area contributed by atoms with Crippen LogP contribution in [0.5, 0.6) is 0 Å². The molecule has 0 bridgehead atoms. The molecular weight excluding hydrogens is 352 g/mol. The number of anilines is 3. The van der Waals surface area contributed by atoms with Crippen LogP contribution in [-0.4, -0.2) is 21.7 Å². The van der Waals surface area contributed by atoms with Crippen molar-refractivity contribution in [3.05, 3.63) is 77.2 Å². The fourth-order valence-corrected chi connectivity index (χ4v) is 2.40. The van der Waals surface area contributed by atoms with E-state index in [-0.39, 0.29) is 11.5 Å². The van der Waals surface area contributed by atoms with Crippen LogP contribution in [0.4, 0.5) is 17.2 Å². The normalized spacial score (nSPS) is 10.2. The molecule has 0 aliphatic heterocycles. The maximum absolute atomic E-state index is 12.3. The Hall–Kier alpha value is -3.25. The van der Waals surface area contributed by atoms with Crippen LogP contribution < -0.4 is 10.6 Å². The summed E-state index contributed by atoms with van der Waals surface area (Å²) in [6.07, 6.45) is 2.81. The molecule has 1 amide bonds. The number of benzene rings is 2. The molecule has 7 heteroatoms. The fraction of sp³-hybridized carbons (Fsp3) is 0.0526. The molecule has 26 heavy (non-hydrogen) atoms. The Morgan fingerprint density at radius 2 is 1.81 bits per heavy atom. The fourth-order valence-electron chi connectivity index (χ4n) is 2.22. The Morgan fingerprint density at radius 1 is 1.00 bits per heavy atom. The third-order valence-corrected chi connectivity index (χ3v) is 3.88. The summed E-state index contributed by atoms with van der Waals surface area (Å²) in [4.78, 5) is 32.0. The average molecular weight is 367 g/mol. The van der Waals surface area contributed by atoms with Crippen LogP contribution >= 0.6 is 11.6 Å². The second kappa shape index (κ2) is 7.76. The number of carbonyl (C=O) groups excluding carboxylic acids is 2. The number of halogens is 1. The lowest BCUT2D eigenvalue weighted by atomic mass is 10.1. The largest absolute Gasteiger partial charge is 0.338 e. The molecule has 0 spiro atoms. The Kier molecular flexibility index (Phi) is 5.24. The number of nitrogens with zero attached hydrogens (tertiary/aromatic N) is 2. The summed E-state index contributed by atoms with van der Waals surface area (Å²) in [7, 11) is 0. The first-order valence-corrected chi connectivity index (χ1v) is 8.16. The van der Waals surface area contributed by atoms with Crippen LogP contribution in [-0.2, 0) is 0 Å². The lowest BCUT2D eigenvalue weighted by molar-refractivity contribution is 0.100. The van der Waals surface area contributed by atoms with Crippen LogP contribution in [0.25, 0.3) is 0 Å². The number of nitrogens with one attached hydrogen (secondary N) is 2. The Morgan fingerprint density at radius 3 is 2.50 bits per heavy atom. The predicted molar refractivity (Wildman–Crippen MR) is 101 cm³/mol. The summed E-state index contributed by atoms with van der Waals surface area (Å²) < 4.78 is 0. The van der Waals surface area contributed by atoms with Gasteiger partial charge in [0.2, 0.25) is 0 Å². The molecule has 0 aliphatic rings. The van der Waals surface area contributed by atoms with Crippen molar-refractivity contribution in [3.8, 4) is 0 Å². The lowest BCUT2D eigenvalue weighted by Gasteiger charge is -2.08. The van der Waals surface area contributed by atoms with Gasteiger partial charge >= 0.3 is 0 Å². The number of Topliss-reactive ketones (excluding diaryl/α,β-unsaturated/α-hetero) is 1. The van der Waals surface area contributed by atoms with Crippen molar-refractivity contribution in [2.45, 2.75) is 6.92 Å². The lowest BCUT2D eigenvalue weighted by Crippen LogP contribution is -2.14. The van der Waals surface area contributed by atoms with Gasteiger partial charge in [-0.15, -0.1) is 0 Å². The first-order chi connectivity index (χ1) is 12.5.